The highest BCUT2D eigenvalue weighted by Gasteiger charge is 2.22. The topological polar surface area (TPSA) is 65.4 Å². The lowest BCUT2D eigenvalue weighted by Crippen LogP contribution is -2.24. The molecule has 6 nitrogen and oxygen atoms in total. The molecule has 156 valence electrons. The molecule has 1 amide bonds. The summed E-state index contributed by atoms with van der Waals surface area (Å²) in [6.07, 6.45) is 0. The molecule has 1 aliphatic heterocycles. The number of fused-ring (bicyclic) bond motifs is 2. The van der Waals surface area contributed by atoms with Gasteiger partial charge in [-0.3, -0.25) is 9.48 Å². The number of halogens is 1. The third-order valence-corrected chi connectivity index (χ3v) is 5.51. The Hall–Kier alpha value is -3.51. The van der Waals surface area contributed by atoms with Crippen molar-refractivity contribution in [2.75, 3.05) is 18.5 Å². The highest BCUT2D eigenvalue weighted by atomic mass is 35.5. The van der Waals surface area contributed by atoms with Crippen molar-refractivity contribution < 1.29 is 14.3 Å². The maximum atomic E-state index is 13.1. The minimum absolute atomic E-state index is 0.185. The average Bonchev–Trinajstić information content (AvgIpc) is 3.17. The minimum atomic E-state index is -0.547. The maximum absolute atomic E-state index is 13.1. The number of aromatic nitrogens is 2. The molecule has 5 rings (SSSR count). The summed E-state index contributed by atoms with van der Waals surface area (Å²) in [5.74, 6) is 1.12. The largest absolute Gasteiger partial charge is 0.486 e. The van der Waals surface area contributed by atoms with E-state index in [1.807, 2.05) is 55.5 Å². The van der Waals surface area contributed by atoms with E-state index >= 15 is 0 Å². The van der Waals surface area contributed by atoms with Crippen LogP contribution in [0.5, 0.6) is 11.5 Å². The minimum Gasteiger partial charge on any atom is -0.486 e. The molecule has 31 heavy (non-hydrogen) atoms. The van der Waals surface area contributed by atoms with Crippen LogP contribution < -0.4 is 14.8 Å². The van der Waals surface area contributed by atoms with Gasteiger partial charge in [0.2, 0.25) is 5.91 Å². The van der Waals surface area contributed by atoms with E-state index in [0.717, 1.165) is 22.2 Å². The van der Waals surface area contributed by atoms with Crippen LogP contribution in [0.4, 0.5) is 5.69 Å². The van der Waals surface area contributed by atoms with Crippen molar-refractivity contribution in [3.8, 4) is 22.8 Å². The molecule has 0 aliphatic carbocycles. The van der Waals surface area contributed by atoms with Gasteiger partial charge >= 0.3 is 0 Å². The molecule has 0 spiro atoms. The fraction of sp³-hybridized carbons (Fsp3) is 0.167. The first-order chi connectivity index (χ1) is 15.1. The van der Waals surface area contributed by atoms with E-state index in [0.29, 0.717) is 35.4 Å². The van der Waals surface area contributed by atoms with Crippen molar-refractivity contribution >= 4 is 34.1 Å². The molecule has 2 heterocycles. The summed E-state index contributed by atoms with van der Waals surface area (Å²) < 4.78 is 12.9. The van der Waals surface area contributed by atoms with Crippen molar-refractivity contribution in [1.82, 2.24) is 9.78 Å². The van der Waals surface area contributed by atoms with Crippen molar-refractivity contribution in [2.45, 2.75) is 13.0 Å². The van der Waals surface area contributed by atoms with Crippen LogP contribution >= 0.6 is 11.6 Å². The van der Waals surface area contributed by atoms with Gasteiger partial charge in [-0.05, 0) is 37.3 Å². The van der Waals surface area contributed by atoms with E-state index in [1.165, 1.54) is 0 Å². The Morgan fingerprint density at radius 2 is 1.81 bits per heavy atom. The fourth-order valence-corrected chi connectivity index (χ4v) is 3.87. The summed E-state index contributed by atoms with van der Waals surface area (Å²) in [6.45, 7) is 2.84. The van der Waals surface area contributed by atoms with Crippen LogP contribution in [-0.4, -0.2) is 28.9 Å². The Bertz CT molecular complexity index is 1270. The zero-order valence-electron chi connectivity index (χ0n) is 16.8. The number of amides is 1. The highest BCUT2D eigenvalue weighted by Crippen LogP contribution is 2.34. The number of nitrogens with zero attached hydrogens (tertiary/aromatic N) is 2. The molecule has 0 saturated carbocycles. The molecular formula is C24H20ClN3O3. The number of nitrogens with one attached hydrogen (secondary N) is 1. The van der Waals surface area contributed by atoms with Crippen molar-refractivity contribution in [2.24, 2.45) is 0 Å². The predicted molar refractivity (Wildman–Crippen MR) is 121 cm³/mol. The van der Waals surface area contributed by atoms with Gasteiger partial charge < -0.3 is 14.8 Å². The summed E-state index contributed by atoms with van der Waals surface area (Å²) in [5.41, 5.74) is 3.24. The number of carbonyl (C=O) groups excluding carboxylic acids is 1. The predicted octanol–water partition coefficient (Wildman–Crippen LogP) is 5.33. The Labute approximate surface area is 184 Å². The molecule has 1 N–H and O–H groups in total. The summed E-state index contributed by atoms with van der Waals surface area (Å²) in [6, 6.07) is 20.3. The van der Waals surface area contributed by atoms with Crippen LogP contribution in [0.15, 0.2) is 66.7 Å². The van der Waals surface area contributed by atoms with Gasteiger partial charge in [0.25, 0.3) is 0 Å². The monoisotopic (exact) mass is 433 g/mol. The van der Waals surface area contributed by atoms with E-state index in [9.17, 15) is 4.79 Å². The van der Waals surface area contributed by atoms with Gasteiger partial charge in [0.15, 0.2) is 11.5 Å². The van der Waals surface area contributed by atoms with Gasteiger partial charge in [0.05, 0.1) is 5.52 Å². The van der Waals surface area contributed by atoms with Crippen molar-refractivity contribution in [3.05, 3.63) is 71.8 Å². The zero-order valence-corrected chi connectivity index (χ0v) is 17.6. The summed E-state index contributed by atoms with van der Waals surface area (Å²) >= 11 is 6.26. The second-order valence-corrected chi connectivity index (χ2v) is 7.78. The van der Waals surface area contributed by atoms with Crippen molar-refractivity contribution in [3.63, 3.8) is 0 Å². The molecule has 0 fully saturated rings. The van der Waals surface area contributed by atoms with Gasteiger partial charge in [0.1, 0.15) is 24.9 Å². The number of hydrogen-bond acceptors (Lipinski definition) is 4. The Morgan fingerprint density at radius 3 is 2.61 bits per heavy atom. The normalized spacial score (nSPS) is 13.7. The Balaban J connectivity index is 1.48. The second kappa shape index (κ2) is 7.96. The maximum Gasteiger partial charge on any atom is 0.248 e. The number of hydrogen-bond donors (Lipinski definition) is 1. The van der Waals surface area contributed by atoms with E-state index < -0.39 is 6.04 Å². The van der Waals surface area contributed by atoms with Crippen LogP contribution in [-0.2, 0) is 4.79 Å². The molecule has 7 heteroatoms. The molecule has 4 aromatic rings. The summed E-state index contributed by atoms with van der Waals surface area (Å²) in [5, 5.41) is 9.26. The lowest BCUT2D eigenvalue weighted by atomic mass is 10.1. The van der Waals surface area contributed by atoms with Gasteiger partial charge in [0, 0.05) is 27.7 Å². The van der Waals surface area contributed by atoms with E-state index in [-0.39, 0.29) is 5.91 Å². The summed E-state index contributed by atoms with van der Waals surface area (Å²) in [7, 11) is 0. The van der Waals surface area contributed by atoms with Crippen LogP contribution in [0, 0.1) is 0 Å². The lowest BCUT2D eigenvalue weighted by Gasteiger charge is -2.19. The quantitative estimate of drug-likeness (QED) is 0.472. The highest BCUT2D eigenvalue weighted by molar-refractivity contribution is 6.31. The second-order valence-electron chi connectivity index (χ2n) is 7.34. The van der Waals surface area contributed by atoms with Crippen molar-refractivity contribution in [1.29, 1.82) is 0 Å². The first-order valence-corrected chi connectivity index (χ1v) is 10.4. The van der Waals surface area contributed by atoms with Crippen LogP contribution in [0.2, 0.25) is 5.02 Å². The Morgan fingerprint density at radius 1 is 1.03 bits per heavy atom. The molecule has 1 aromatic heterocycles. The van der Waals surface area contributed by atoms with E-state index in [2.05, 4.69) is 5.32 Å². The fourth-order valence-electron chi connectivity index (χ4n) is 3.70. The molecular weight excluding hydrogens is 414 g/mol. The number of ether oxygens (including phenoxy) is 2. The van der Waals surface area contributed by atoms with Crippen LogP contribution in [0.3, 0.4) is 0 Å². The van der Waals surface area contributed by atoms with Gasteiger partial charge in [-0.15, -0.1) is 0 Å². The molecule has 0 radical (unpaired) electrons. The van der Waals surface area contributed by atoms with Gasteiger partial charge in [-0.2, -0.15) is 5.10 Å². The summed E-state index contributed by atoms with van der Waals surface area (Å²) in [4.78, 5) is 13.1. The average molecular weight is 434 g/mol. The van der Waals surface area contributed by atoms with Crippen LogP contribution in [0.25, 0.3) is 22.2 Å². The smallest absolute Gasteiger partial charge is 0.248 e. The SMILES string of the molecule is CC(C(=O)Nc1ccc2c(c1)OCCO2)n1nc(-c2ccccc2)c2cc(Cl)ccc21. The zero-order chi connectivity index (χ0) is 21.4. The molecule has 0 saturated heterocycles. The lowest BCUT2D eigenvalue weighted by molar-refractivity contribution is -0.118. The van der Waals surface area contributed by atoms with Gasteiger partial charge in [-0.1, -0.05) is 41.9 Å². The first kappa shape index (κ1) is 19.5. The molecule has 1 aliphatic rings. The number of rotatable bonds is 4. The molecule has 1 atom stereocenters. The number of benzene rings is 3. The third kappa shape index (κ3) is 3.70. The van der Waals surface area contributed by atoms with Gasteiger partial charge in [-0.25, -0.2) is 0 Å². The van der Waals surface area contributed by atoms with E-state index in [4.69, 9.17) is 26.2 Å². The standard InChI is InChI=1S/C24H20ClN3O3/c1-15(24(29)26-18-8-10-21-22(14-18)31-12-11-30-21)28-20-9-7-17(25)13-19(20)23(27-28)16-5-3-2-4-6-16/h2-10,13-15H,11-12H2,1H3,(H,26,29). The number of carbonyl (C=O) groups is 1. The van der Waals surface area contributed by atoms with E-state index in [1.54, 1.807) is 22.9 Å². The molecule has 3 aromatic carbocycles. The molecule has 1 unspecified atom stereocenters. The number of anilines is 1. The third-order valence-electron chi connectivity index (χ3n) is 5.27. The molecule has 0 bridgehead atoms. The van der Waals surface area contributed by atoms with Crippen LogP contribution in [0.1, 0.15) is 13.0 Å². The Kier molecular flexibility index (Phi) is 5.00. The first-order valence-electron chi connectivity index (χ1n) is 10.0.